The molecule has 0 aromatic heterocycles. The highest BCUT2D eigenvalue weighted by Gasteiger charge is 2.20. The van der Waals surface area contributed by atoms with Crippen LogP contribution in [-0.4, -0.2) is 25.7 Å². The Morgan fingerprint density at radius 2 is 2.24 bits per heavy atom. The monoisotopic (exact) mass is 253 g/mol. The zero-order valence-electron chi connectivity index (χ0n) is 9.83. The first kappa shape index (κ1) is 12.4. The van der Waals surface area contributed by atoms with E-state index in [4.69, 9.17) is 11.6 Å². The van der Waals surface area contributed by atoms with Gasteiger partial charge in [0.25, 0.3) is 0 Å². The number of esters is 1. The summed E-state index contributed by atoms with van der Waals surface area (Å²) in [5.41, 5.74) is 2.66. The van der Waals surface area contributed by atoms with Gasteiger partial charge in [-0.15, -0.1) is 0 Å². The fourth-order valence-corrected chi connectivity index (χ4v) is 2.41. The molecule has 92 valence electrons. The lowest BCUT2D eigenvalue weighted by atomic mass is 10.1. The second kappa shape index (κ2) is 5.52. The van der Waals surface area contributed by atoms with Crippen LogP contribution in [0.25, 0.3) is 0 Å². The molecule has 0 fully saturated rings. The van der Waals surface area contributed by atoms with Gasteiger partial charge >= 0.3 is 5.97 Å². The third-order valence-electron chi connectivity index (χ3n) is 3.09. The summed E-state index contributed by atoms with van der Waals surface area (Å²) >= 11 is 5.95. The Kier molecular flexibility index (Phi) is 4.02. The van der Waals surface area contributed by atoms with Crippen molar-refractivity contribution in [2.24, 2.45) is 0 Å². The van der Waals surface area contributed by atoms with Crippen molar-refractivity contribution in [3.8, 4) is 0 Å². The molecule has 0 bridgehead atoms. The Bertz CT molecular complexity index is 420. The van der Waals surface area contributed by atoms with Crippen LogP contribution in [-0.2, 0) is 22.4 Å². The van der Waals surface area contributed by atoms with Gasteiger partial charge in [0.1, 0.15) is 0 Å². The maximum absolute atomic E-state index is 11.0. The van der Waals surface area contributed by atoms with Crippen molar-refractivity contribution in [3.05, 3.63) is 34.3 Å². The third-order valence-corrected chi connectivity index (χ3v) is 3.33. The van der Waals surface area contributed by atoms with E-state index in [-0.39, 0.29) is 5.97 Å². The summed E-state index contributed by atoms with van der Waals surface area (Å²) in [6.45, 7) is 0.666. The highest BCUT2D eigenvalue weighted by molar-refractivity contribution is 6.30. The molecule has 0 spiro atoms. The van der Waals surface area contributed by atoms with E-state index < -0.39 is 0 Å². The molecule has 1 atom stereocenters. The number of carbonyl (C=O) groups is 1. The SMILES string of the molecule is COC(=O)CCNC1Cc2ccc(Cl)cc2C1. The molecule has 1 aromatic carbocycles. The van der Waals surface area contributed by atoms with E-state index in [1.54, 1.807) is 0 Å². The van der Waals surface area contributed by atoms with E-state index in [1.165, 1.54) is 18.2 Å². The maximum Gasteiger partial charge on any atom is 0.306 e. The zero-order chi connectivity index (χ0) is 12.3. The predicted molar refractivity (Wildman–Crippen MR) is 67.3 cm³/mol. The van der Waals surface area contributed by atoms with Crippen LogP contribution in [0, 0.1) is 0 Å². The normalized spacial score (nSPS) is 17.9. The number of carbonyl (C=O) groups excluding carboxylic acids is 1. The van der Waals surface area contributed by atoms with Crippen LogP contribution in [0.1, 0.15) is 17.5 Å². The first-order chi connectivity index (χ1) is 8.19. The Hall–Kier alpha value is -1.06. The first-order valence-corrected chi connectivity index (χ1v) is 6.14. The summed E-state index contributed by atoms with van der Waals surface area (Å²) in [5.74, 6) is -0.170. The fourth-order valence-electron chi connectivity index (χ4n) is 2.21. The summed E-state index contributed by atoms with van der Waals surface area (Å²) in [4.78, 5) is 11.0. The lowest BCUT2D eigenvalue weighted by Crippen LogP contribution is -2.31. The molecule has 1 aliphatic carbocycles. The van der Waals surface area contributed by atoms with Crippen molar-refractivity contribution in [3.63, 3.8) is 0 Å². The quantitative estimate of drug-likeness (QED) is 0.834. The minimum absolute atomic E-state index is 0.170. The van der Waals surface area contributed by atoms with Gasteiger partial charge in [-0.2, -0.15) is 0 Å². The van der Waals surface area contributed by atoms with Gasteiger partial charge in [0.2, 0.25) is 0 Å². The predicted octanol–water partition coefficient (Wildman–Crippen LogP) is 1.96. The number of rotatable bonds is 4. The van der Waals surface area contributed by atoms with Gasteiger partial charge in [0.05, 0.1) is 13.5 Å². The number of ether oxygens (including phenoxy) is 1. The van der Waals surface area contributed by atoms with Crippen molar-refractivity contribution >= 4 is 17.6 Å². The van der Waals surface area contributed by atoms with E-state index in [0.717, 1.165) is 17.9 Å². The van der Waals surface area contributed by atoms with Crippen LogP contribution in [0.3, 0.4) is 0 Å². The lowest BCUT2D eigenvalue weighted by Gasteiger charge is -2.10. The van der Waals surface area contributed by atoms with Gasteiger partial charge in [-0.25, -0.2) is 0 Å². The molecule has 3 nitrogen and oxygen atoms in total. The summed E-state index contributed by atoms with van der Waals surface area (Å²) in [6.07, 6.45) is 2.41. The van der Waals surface area contributed by atoms with Crippen LogP contribution < -0.4 is 5.32 Å². The Labute approximate surface area is 106 Å². The smallest absolute Gasteiger partial charge is 0.306 e. The van der Waals surface area contributed by atoms with E-state index >= 15 is 0 Å². The molecule has 2 rings (SSSR count). The Morgan fingerprint density at radius 1 is 1.47 bits per heavy atom. The highest BCUT2D eigenvalue weighted by atomic mass is 35.5. The van der Waals surface area contributed by atoms with Crippen LogP contribution in [0.2, 0.25) is 5.02 Å². The number of nitrogens with one attached hydrogen (secondary N) is 1. The molecule has 0 amide bonds. The molecular weight excluding hydrogens is 238 g/mol. The molecule has 1 unspecified atom stereocenters. The largest absolute Gasteiger partial charge is 0.469 e. The van der Waals surface area contributed by atoms with E-state index in [1.807, 2.05) is 12.1 Å². The highest BCUT2D eigenvalue weighted by Crippen LogP contribution is 2.25. The van der Waals surface area contributed by atoms with Crippen molar-refractivity contribution in [2.45, 2.75) is 25.3 Å². The molecule has 0 saturated heterocycles. The molecular formula is C13H16ClNO2. The fraction of sp³-hybridized carbons (Fsp3) is 0.462. The second-order valence-electron chi connectivity index (χ2n) is 4.30. The van der Waals surface area contributed by atoms with Crippen LogP contribution in [0.5, 0.6) is 0 Å². The van der Waals surface area contributed by atoms with Gasteiger partial charge in [-0.3, -0.25) is 4.79 Å². The maximum atomic E-state index is 11.0. The van der Waals surface area contributed by atoms with Gasteiger partial charge < -0.3 is 10.1 Å². The molecule has 0 saturated carbocycles. The van der Waals surface area contributed by atoms with Crippen LogP contribution in [0.4, 0.5) is 0 Å². The van der Waals surface area contributed by atoms with Crippen molar-refractivity contribution < 1.29 is 9.53 Å². The topological polar surface area (TPSA) is 38.3 Å². The summed E-state index contributed by atoms with van der Waals surface area (Å²) in [5, 5.41) is 4.16. The number of fused-ring (bicyclic) bond motifs is 1. The summed E-state index contributed by atoms with van der Waals surface area (Å²) in [6, 6.07) is 6.45. The molecule has 4 heteroatoms. The van der Waals surface area contributed by atoms with Gasteiger partial charge in [0, 0.05) is 17.6 Å². The Morgan fingerprint density at radius 3 is 3.00 bits per heavy atom. The summed E-state index contributed by atoms with van der Waals surface area (Å²) in [7, 11) is 1.41. The second-order valence-corrected chi connectivity index (χ2v) is 4.73. The summed E-state index contributed by atoms with van der Waals surface area (Å²) < 4.78 is 4.60. The molecule has 0 heterocycles. The van der Waals surface area contributed by atoms with Gasteiger partial charge in [0.15, 0.2) is 0 Å². The number of benzene rings is 1. The first-order valence-electron chi connectivity index (χ1n) is 5.76. The number of methoxy groups -OCH3 is 1. The van der Waals surface area contributed by atoms with Crippen molar-refractivity contribution in [1.82, 2.24) is 5.32 Å². The standard InChI is InChI=1S/C13H16ClNO2/c1-17-13(16)4-5-15-12-7-9-2-3-11(14)6-10(9)8-12/h2-3,6,12,15H,4-5,7-8H2,1H3. The van der Waals surface area contributed by atoms with Gasteiger partial charge in [-0.1, -0.05) is 17.7 Å². The molecule has 0 radical (unpaired) electrons. The minimum atomic E-state index is -0.170. The van der Waals surface area contributed by atoms with Crippen LogP contribution >= 0.6 is 11.6 Å². The van der Waals surface area contributed by atoms with E-state index in [0.29, 0.717) is 19.0 Å². The van der Waals surface area contributed by atoms with Crippen molar-refractivity contribution in [1.29, 1.82) is 0 Å². The number of hydrogen-bond acceptors (Lipinski definition) is 3. The minimum Gasteiger partial charge on any atom is -0.469 e. The number of hydrogen-bond donors (Lipinski definition) is 1. The average Bonchev–Trinajstić information content (AvgIpc) is 2.70. The van der Waals surface area contributed by atoms with Gasteiger partial charge in [-0.05, 0) is 36.1 Å². The van der Waals surface area contributed by atoms with E-state index in [9.17, 15) is 4.79 Å². The Balaban J connectivity index is 1.82. The lowest BCUT2D eigenvalue weighted by molar-refractivity contribution is -0.140. The average molecular weight is 254 g/mol. The van der Waals surface area contributed by atoms with E-state index in [2.05, 4.69) is 16.1 Å². The molecule has 1 N–H and O–H groups in total. The van der Waals surface area contributed by atoms with Crippen LogP contribution in [0.15, 0.2) is 18.2 Å². The molecule has 0 aliphatic heterocycles. The third kappa shape index (κ3) is 3.20. The zero-order valence-corrected chi connectivity index (χ0v) is 10.6. The molecule has 17 heavy (non-hydrogen) atoms. The molecule has 1 aliphatic rings. The van der Waals surface area contributed by atoms with Crippen molar-refractivity contribution in [2.75, 3.05) is 13.7 Å². The number of halogens is 1. The molecule has 1 aromatic rings.